The zero-order valence-corrected chi connectivity index (χ0v) is 24.9. The van der Waals surface area contributed by atoms with Gasteiger partial charge in [0.2, 0.25) is 0 Å². The molecule has 1 amide bonds. The highest BCUT2D eigenvalue weighted by atomic mass is 16.6. The molecule has 1 rings (SSSR count). The van der Waals surface area contributed by atoms with Crippen LogP contribution < -0.4 is 5.32 Å². The Kier molecular flexibility index (Phi) is 17.0. The number of alkyl carbamates (subject to hydrolysis) is 1. The maximum Gasteiger partial charge on any atom is 0.407 e. The molecule has 0 spiro atoms. The molecule has 0 aliphatic heterocycles. The number of rotatable bonds is 13. The second-order valence-electron chi connectivity index (χ2n) is 11.4. The first-order chi connectivity index (χ1) is 16.4. The molecule has 35 heavy (non-hydrogen) atoms. The van der Waals surface area contributed by atoms with Crippen LogP contribution in [0.15, 0.2) is 35.5 Å². The van der Waals surface area contributed by atoms with Crippen molar-refractivity contribution in [2.45, 2.75) is 120 Å². The van der Waals surface area contributed by atoms with E-state index in [-0.39, 0.29) is 12.1 Å². The zero-order chi connectivity index (χ0) is 27.0. The molecule has 1 aliphatic carbocycles. The standard InChI is InChI=1S/C29H51NO3.C2H6/c1-10-24(16-21(2)3)18-27(30-28(31)33-29(7,8)9)23(6)17-26(22(4)5)20-32-19-25-14-12-11-13-15-25;1-2/h12,14-16,22-24,26-27H,10-11,13,17-20H2,1-9H3,(H,30,31);1-2H3. The van der Waals surface area contributed by atoms with Gasteiger partial charge >= 0.3 is 6.09 Å². The third kappa shape index (κ3) is 15.9. The van der Waals surface area contributed by atoms with Crippen LogP contribution in [0.3, 0.4) is 0 Å². The van der Waals surface area contributed by atoms with Gasteiger partial charge in [0.15, 0.2) is 0 Å². The van der Waals surface area contributed by atoms with Crippen molar-refractivity contribution in [3.63, 3.8) is 0 Å². The van der Waals surface area contributed by atoms with Crippen molar-refractivity contribution in [2.24, 2.45) is 23.7 Å². The molecule has 0 fully saturated rings. The number of amides is 1. The van der Waals surface area contributed by atoms with E-state index >= 15 is 0 Å². The Labute approximate surface area is 218 Å². The molecule has 1 N–H and O–H groups in total. The Morgan fingerprint density at radius 3 is 2.26 bits per heavy atom. The smallest absolute Gasteiger partial charge is 0.407 e. The summed E-state index contributed by atoms with van der Waals surface area (Å²) in [6.07, 6.45) is 13.9. The second kappa shape index (κ2) is 17.8. The number of allylic oxidation sites excluding steroid dienone is 4. The minimum Gasteiger partial charge on any atom is -0.444 e. The summed E-state index contributed by atoms with van der Waals surface area (Å²) in [6.45, 7) is 24.5. The van der Waals surface area contributed by atoms with E-state index < -0.39 is 5.60 Å². The monoisotopic (exact) mass is 491 g/mol. The first kappa shape index (κ1) is 33.4. The summed E-state index contributed by atoms with van der Waals surface area (Å²) in [6, 6.07) is 0.0608. The van der Waals surface area contributed by atoms with Gasteiger partial charge in [-0.1, -0.05) is 71.4 Å². The summed E-state index contributed by atoms with van der Waals surface area (Å²) in [5, 5.41) is 3.21. The Morgan fingerprint density at radius 2 is 1.77 bits per heavy atom. The lowest BCUT2D eigenvalue weighted by molar-refractivity contribution is 0.0457. The molecule has 0 heterocycles. The van der Waals surface area contributed by atoms with Crippen molar-refractivity contribution in [1.82, 2.24) is 5.32 Å². The van der Waals surface area contributed by atoms with Gasteiger partial charge in [-0.2, -0.15) is 0 Å². The fraction of sp³-hybridized carbons (Fsp3) is 0.774. The highest BCUT2D eigenvalue weighted by molar-refractivity contribution is 5.68. The summed E-state index contributed by atoms with van der Waals surface area (Å²) in [5.74, 6) is 1.72. The van der Waals surface area contributed by atoms with Gasteiger partial charge in [0.05, 0.1) is 13.2 Å². The molecular weight excluding hydrogens is 434 g/mol. The van der Waals surface area contributed by atoms with Crippen molar-refractivity contribution in [2.75, 3.05) is 13.2 Å². The quantitative estimate of drug-likeness (QED) is 0.262. The van der Waals surface area contributed by atoms with Gasteiger partial charge in [0.25, 0.3) is 0 Å². The van der Waals surface area contributed by atoms with Crippen LogP contribution in [-0.2, 0) is 9.47 Å². The van der Waals surface area contributed by atoms with Crippen LogP contribution in [0, 0.1) is 23.7 Å². The number of hydrogen-bond donors (Lipinski definition) is 1. The predicted molar refractivity (Wildman–Crippen MR) is 152 cm³/mol. The lowest BCUT2D eigenvalue weighted by Crippen LogP contribution is -2.44. The van der Waals surface area contributed by atoms with Crippen LogP contribution in [0.5, 0.6) is 0 Å². The average molecular weight is 492 g/mol. The lowest BCUT2D eigenvalue weighted by atomic mass is 9.81. The van der Waals surface area contributed by atoms with E-state index in [4.69, 9.17) is 9.47 Å². The molecule has 0 saturated carbocycles. The van der Waals surface area contributed by atoms with E-state index in [1.165, 1.54) is 11.1 Å². The molecule has 4 atom stereocenters. The van der Waals surface area contributed by atoms with Gasteiger partial charge in [-0.25, -0.2) is 4.79 Å². The van der Waals surface area contributed by atoms with E-state index in [1.807, 2.05) is 34.6 Å². The SMILES string of the molecule is CC.CCC(C=C(C)C)CC(NC(=O)OC(C)(C)C)C(C)CC(COCC1=CCCC=C1)C(C)C. The number of carbonyl (C=O) groups excluding carboxylic acids is 1. The Bertz CT molecular complexity index is 665. The van der Waals surface area contributed by atoms with Crippen molar-refractivity contribution in [1.29, 1.82) is 0 Å². The highest BCUT2D eigenvalue weighted by Crippen LogP contribution is 2.28. The zero-order valence-electron chi connectivity index (χ0n) is 24.9. The van der Waals surface area contributed by atoms with Crippen LogP contribution in [0.2, 0.25) is 0 Å². The number of ether oxygens (including phenoxy) is 2. The van der Waals surface area contributed by atoms with E-state index in [0.29, 0.717) is 30.3 Å². The van der Waals surface area contributed by atoms with E-state index in [2.05, 4.69) is 71.2 Å². The Morgan fingerprint density at radius 1 is 1.11 bits per heavy atom. The van der Waals surface area contributed by atoms with Gasteiger partial charge in [-0.15, -0.1) is 0 Å². The molecule has 4 unspecified atom stereocenters. The molecule has 0 aromatic heterocycles. The molecular formula is C31H57NO3. The van der Waals surface area contributed by atoms with Gasteiger partial charge < -0.3 is 14.8 Å². The summed E-state index contributed by atoms with van der Waals surface area (Å²) in [5.41, 5.74) is 2.11. The summed E-state index contributed by atoms with van der Waals surface area (Å²) >= 11 is 0. The first-order valence-electron chi connectivity index (χ1n) is 14.0. The topological polar surface area (TPSA) is 47.6 Å². The van der Waals surface area contributed by atoms with Crippen LogP contribution in [0.1, 0.15) is 108 Å². The van der Waals surface area contributed by atoms with Crippen LogP contribution in [-0.4, -0.2) is 30.9 Å². The first-order valence-corrected chi connectivity index (χ1v) is 14.0. The number of carbonyl (C=O) groups is 1. The average Bonchev–Trinajstić information content (AvgIpc) is 2.77. The molecule has 0 radical (unpaired) electrons. The Hall–Kier alpha value is -1.55. The second-order valence-corrected chi connectivity index (χ2v) is 11.4. The van der Waals surface area contributed by atoms with Gasteiger partial charge in [0, 0.05) is 6.04 Å². The lowest BCUT2D eigenvalue weighted by Gasteiger charge is -2.32. The molecule has 0 saturated heterocycles. The molecule has 1 aliphatic rings. The maximum atomic E-state index is 12.6. The molecule has 204 valence electrons. The van der Waals surface area contributed by atoms with E-state index in [9.17, 15) is 4.79 Å². The van der Waals surface area contributed by atoms with Crippen molar-refractivity contribution >= 4 is 6.09 Å². The summed E-state index contributed by atoms with van der Waals surface area (Å²) in [4.78, 5) is 12.6. The number of nitrogens with one attached hydrogen (secondary N) is 1. The number of hydrogen-bond acceptors (Lipinski definition) is 3. The summed E-state index contributed by atoms with van der Waals surface area (Å²) < 4.78 is 11.7. The predicted octanol–water partition coefficient (Wildman–Crippen LogP) is 8.88. The largest absolute Gasteiger partial charge is 0.444 e. The fourth-order valence-electron chi connectivity index (χ4n) is 4.32. The van der Waals surface area contributed by atoms with Crippen LogP contribution in [0.4, 0.5) is 4.79 Å². The van der Waals surface area contributed by atoms with Crippen molar-refractivity contribution < 1.29 is 14.3 Å². The van der Waals surface area contributed by atoms with E-state index in [0.717, 1.165) is 38.7 Å². The third-order valence-corrected chi connectivity index (χ3v) is 6.33. The molecule has 4 nitrogen and oxygen atoms in total. The molecule has 0 aromatic carbocycles. The molecule has 0 bridgehead atoms. The molecule has 4 heteroatoms. The van der Waals surface area contributed by atoms with E-state index in [1.54, 1.807) is 0 Å². The van der Waals surface area contributed by atoms with Crippen LogP contribution >= 0.6 is 0 Å². The molecule has 0 aromatic rings. The minimum atomic E-state index is -0.501. The highest BCUT2D eigenvalue weighted by Gasteiger charge is 2.28. The van der Waals surface area contributed by atoms with Crippen molar-refractivity contribution in [3.8, 4) is 0 Å². The van der Waals surface area contributed by atoms with Crippen molar-refractivity contribution in [3.05, 3.63) is 35.5 Å². The van der Waals surface area contributed by atoms with Crippen LogP contribution in [0.25, 0.3) is 0 Å². The van der Waals surface area contributed by atoms with Gasteiger partial charge in [0.1, 0.15) is 5.60 Å². The third-order valence-electron chi connectivity index (χ3n) is 6.33. The normalized spacial score (nSPS) is 16.9. The fourth-order valence-corrected chi connectivity index (χ4v) is 4.32. The summed E-state index contributed by atoms with van der Waals surface area (Å²) in [7, 11) is 0. The minimum absolute atomic E-state index is 0.0608. The van der Waals surface area contributed by atoms with Gasteiger partial charge in [-0.05, 0) is 96.0 Å². The Balaban J connectivity index is 0.00000562. The maximum absolute atomic E-state index is 12.6. The van der Waals surface area contributed by atoms with Gasteiger partial charge in [-0.3, -0.25) is 0 Å².